The van der Waals surface area contributed by atoms with Gasteiger partial charge in [-0.25, -0.2) is 8.42 Å². The van der Waals surface area contributed by atoms with Gasteiger partial charge in [-0.15, -0.1) is 24.0 Å². The van der Waals surface area contributed by atoms with Crippen molar-refractivity contribution in [1.29, 1.82) is 0 Å². The van der Waals surface area contributed by atoms with Crippen molar-refractivity contribution in [2.24, 2.45) is 4.99 Å². The molecule has 0 aromatic carbocycles. The molecule has 0 radical (unpaired) electrons. The molecule has 1 saturated heterocycles. The average Bonchev–Trinajstić information content (AvgIpc) is 2.94. The van der Waals surface area contributed by atoms with Crippen LogP contribution in [0.4, 0.5) is 0 Å². The first kappa shape index (κ1) is 16.7. The Labute approximate surface area is 134 Å². The van der Waals surface area contributed by atoms with Gasteiger partial charge in [0.1, 0.15) is 0 Å². The molecule has 0 spiro atoms. The van der Waals surface area contributed by atoms with Gasteiger partial charge in [0.25, 0.3) is 0 Å². The summed E-state index contributed by atoms with van der Waals surface area (Å²) >= 11 is 1.65. The second-order valence-electron chi connectivity index (χ2n) is 4.30. The first-order valence-electron chi connectivity index (χ1n) is 5.78. The lowest BCUT2D eigenvalue weighted by Crippen LogP contribution is -2.43. The second kappa shape index (κ2) is 7.44. The molecule has 1 aromatic heterocycles. The summed E-state index contributed by atoms with van der Waals surface area (Å²) in [5.41, 5.74) is 1.20. The number of hydrogen-bond acceptors (Lipinski definition) is 4. The number of thiophene rings is 1. The van der Waals surface area contributed by atoms with Gasteiger partial charge in [-0.05, 0) is 28.8 Å². The molecule has 0 bridgehead atoms. The van der Waals surface area contributed by atoms with Crippen molar-refractivity contribution in [3.63, 3.8) is 0 Å². The maximum Gasteiger partial charge on any atom is 0.191 e. The predicted octanol–water partition coefficient (Wildman–Crippen LogP) is 1.22. The van der Waals surface area contributed by atoms with Crippen molar-refractivity contribution in [3.05, 3.63) is 22.4 Å². The lowest BCUT2D eigenvalue weighted by molar-refractivity contribution is 0.599. The molecule has 1 unspecified atom stereocenters. The summed E-state index contributed by atoms with van der Waals surface area (Å²) in [6.45, 7) is 0.697. The van der Waals surface area contributed by atoms with E-state index in [1.807, 2.05) is 11.4 Å². The smallest absolute Gasteiger partial charge is 0.191 e. The van der Waals surface area contributed by atoms with Gasteiger partial charge in [-0.2, -0.15) is 11.3 Å². The molecule has 1 fully saturated rings. The standard InChI is InChI=1S/C11H17N3O2S2.HI/c1-12-11(13-6-9-2-4-17-7-9)14-10-3-5-18(15,16)8-10;/h2,4,7,10H,3,5-6,8H2,1H3,(H2,12,13,14);1H. The van der Waals surface area contributed by atoms with Gasteiger partial charge in [-0.1, -0.05) is 0 Å². The van der Waals surface area contributed by atoms with Gasteiger partial charge in [0.2, 0.25) is 0 Å². The quantitative estimate of drug-likeness (QED) is 0.443. The second-order valence-corrected chi connectivity index (χ2v) is 7.31. The van der Waals surface area contributed by atoms with Crippen LogP contribution in [0.15, 0.2) is 21.8 Å². The van der Waals surface area contributed by atoms with Crippen LogP contribution in [-0.4, -0.2) is 39.0 Å². The van der Waals surface area contributed by atoms with E-state index in [0.717, 1.165) is 0 Å². The molecule has 2 rings (SSSR count). The molecule has 0 aliphatic carbocycles. The van der Waals surface area contributed by atoms with Gasteiger partial charge in [0, 0.05) is 19.6 Å². The minimum atomic E-state index is -2.85. The highest BCUT2D eigenvalue weighted by Gasteiger charge is 2.28. The largest absolute Gasteiger partial charge is 0.353 e. The Bertz CT molecular complexity index is 514. The number of nitrogens with zero attached hydrogens (tertiary/aromatic N) is 1. The molecule has 19 heavy (non-hydrogen) atoms. The number of hydrogen-bond donors (Lipinski definition) is 2. The fourth-order valence-corrected chi connectivity index (χ4v) is 4.22. The number of rotatable bonds is 3. The zero-order valence-electron chi connectivity index (χ0n) is 10.6. The molecule has 0 amide bonds. The number of halogens is 1. The van der Waals surface area contributed by atoms with Crippen LogP contribution >= 0.6 is 35.3 Å². The maximum atomic E-state index is 11.4. The fraction of sp³-hybridized carbons (Fsp3) is 0.545. The van der Waals surface area contributed by atoms with E-state index in [0.29, 0.717) is 18.9 Å². The van der Waals surface area contributed by atoms with Gasteiger partial charge in [-0.3, -0.25) is 4.99 Å². The van der Waals surface area contributed by atoms with E-state index in [1.165, 1.54) is 5.56 Å². The molecular formula is C11H18IN3O2S2. The van der Waals surface area contributed by atoms with Crippen molar-refractivity contribution >= 4 is 51.1 Å². The molecule has 1 aliphatic heterocycles. The first-order chi connectivity index (χ1) is 8.59. The van der Waals surface area contributed by atoms with E-state index in [1.54, 1.807) is 18.4 Å². The van der Waals surface area contributed by atoms with Crippen molar-refractivity contribution in [2.45, 2.75) is 19.0 Å². The monoisotopic (exact) mass is 415 g/mol. The van der Waals surface area contributed by atoms with Gasteiger partial charge in [0.15, 0.2) is 15.8 Å². The third kappa shape index (κ3) is 5.27. The zero-order valence-corrected chi connectivity index (χ0v) is 14.6. The van der Waals surface area contributed by atoms with Crippen molar-refractivity contribution < 1.29 is 8.42 Å². The molecule has 0 saturated carbocycles. The molecule has 108 valence electrons. The van der Waals surface area contributed by atoms with Gasteiger partial charge >= 0.3 is 0 Å². The van der Waals surface area contributed by atoms with Crippen molar-refractivity contribution in [1.82, 2.24) is 10.6 Å². The van der Waals surface area contributed by atoms with E-state index >= 15 is 0 Å². The molecular weight excluding hydrogens is 397 g/mol. The van der Waals surface area contributed by atoms with E-state index in [9.17, 15) is 8.42 Å². The summed E-state index contributed by atoms with van der Waals surface area (Å²) < 4.78 is 22.7. The summed E-state index contributed by atoms with van der Waals surface area (Å²) in [7, 11) is -1.16. The van der Waals surface area contributed by atoms with Crippen LogP contribution in [0.25, 0.3) is 0 Å². The Morgan fingerprint density at radius 1 is 1.58 bits per heavy atom. The lowest BCUT2D eigenvalue weighted by atomic mass is 10.3. The minimum absolute atomic E-state index is 0. The Hall–Kier alpha value is -0.350. The van der Waals surface area contributed by atoms with Gasteiger partial charge in [0.05, 0.1) is 11.5 Å². The first-order valence-corrected chi connectivity index (χ1v) is 8.54. The normalized spacial score (nSPS) is 21.7. The predicted molar refractivity (Wildman–Crippen MR) is 90.1 cm³/mol. The van der Waals surface area contributed by atoms with Crippen LogP contribution in [0.5, 0.6) is 0 Å². The summed E-state index contributed by atoms with van der Waals surface area (Å²) in [6.07, 6.45) is 0.654. The number of sulfone groups is 1. The molecule has 1 aromatic rings. The SMILES string of the molecule is CN=C(NCc1ccsc1)NC1CCS(=O)(=O)C1.I. The molecule has 1 aliphatic rings. The summed E-state index contributed by atoms with van der Waals surface area (Å²) in [6, 6.07) is 2.02. The summed E-state index contributed by atoms with van der Waals surface area (Å²) in [5, 5.41) is 10.4. The summed E-state index contributed by atoms with van der Waals surface area (Å²) in [4.78, 5) is 4.10. The summed E-state index contributed by atoms with van der Waals surface area (Å²) in [5.74, 6) is 1.13. The van der Waals surface area contributed by atoms with Crippen LogP contribution in [-0.2, 0) is 16.4 Å². The zero-order chi connectivity index (χ0) is 13.0. The van der Waals surface area contributed by atoms with Crippen LogP contribution < -0.4 is 10.6 Å². The molecule has 8 heteroatoms. The number of nitrogens with one attached hydrogen (secondary N) is 2. The molecule has 5 nitrogen and oxygen atoms in total. The van der Waals surface area contributed by atoms with Crippen LogP contribution in [0, 0.1) is 0 Å². The van der Waals surface area contributed by atoms with E-state index in [2.05, 4.69) is 21.0 Å². The van der Waals surface area contributed by atoms with Crippen LogP contribution in [0.3, 0.4) is 0 Å². The minimum Gasteiger partial charge on any atom is -0.353 e. The average molecular weight is 415 g/mol. The molecule has 1 atom stereocenters. The number of aliphatic imine (C=N–C) groups is 1. The van der Waals surface area contributed by atoms with Crippen molar-refractivity contribution in [3.8, 4) is 0 Å². The topological polar surface area (TPSA) is 70.6 Å². The van der Waals surface area contributed by atoms with Crippen LogP contribution in [0.2, 0.25) is 0 Å². The Morgan fingerprint density at radius 3 is 2.89 bits per heavy atom. The Morgan fingerprint density at radius 2 is 2.37 bits per heavy atom. The Balaban J connectivity index is 0.00000180. The van der Waals surface area contributed by atoms with Gasteiger partial charge < -0.3 is 10.6 Å². The van der Waals surface area contributed by atoms with E-state index in [4.69, 9.17) is 0 Å². The van der Waals surface area contributed by atoms with E-state index < -0.39 is 9.84 Å². The van der Waals surface area contributed by atoms with Crippen LogP contribution in [0.1, 0.15) is 12.0 Å². The fourth-order valence-electron chi connectivity index (χ4n) is 1.88. The third-order valence-corrected chi connectivity index (χ3v) is 5.34. The highest BCUT2D eigenvalue weighted by Crippen LogP contribution is 2.11. The lowest BCUT2D eigenvalue weighted by Gasteiger charge is -2.15. The highest BCUT2D eigenvalue weighted by atomic mass is 127. The molecule has 2 heterocycles. The van der Waals surface area contributed by atoms with Crippen molar-refractivity contribution in [2.75, 3.05) is 18.6 Å². The number of guanidine groups is 1. The van der Waals surface area contributed by atoms with E-state index in [-0.39, 0.29) is 41.5 Å². The maximum absolute atomic E-state index is 11.4. The third-order valence-electron chi connectivity index (χ3n) is 2.84. The Kier molecular flexibility index (Phi) is 6.54. The highest BCUT2D eigenvalue weighted by molar-refractivity contribution is 14.0. The molecule has 2 N–H and O–H groups in total.